The van der Waals surface area contributed by atoms with E-state index in [4.69, 9.17) is 15.2 Å². The summed E-state index contributed by atoms with van der Waals surface area (Å²) in [5.74, 6) is 1.34. The van der Waals surface area contributed by atoms with E-state index in [1.165, 1.54) is 0 Å². The van der Waals surface area contributed by atoms with Crippen molar-refractivity contribution in [1.29, 1.82) is 0 Å². The third-order valence-electron chi connectivity index (χ3n) is 3.85. The minimum Gasteiger partial charge on any atom is -0.497 e. The summed E-state index contributed by atoms with van der Waals surface area (Å²) in [6, 6.07) is 12.6. The lowest BCUT2D eigenvalue weighted by atomic mass is 10.1. The lowest BCUT2D eigenvalue weighted by molar-refractivity contribution is 0.186. The Balaban J connectivity index is 2.23. The fourth-order valence-corrected chi connectivity index (χ4v) is 2.59. The Kier molecular flexibility index (Phi) is 4.48. The van der Waals surface area contributed by atoms with Crippen LogP contribution in [0.25, 0.3) is 22.3 Å². The van der Waals surface area contributed by atoms with Crippen LogP contribution in [-0.2, 0) is 11.3 Å². The molecule has 0 bridgehead atoms. The van der Waals surface area contributed by atoms with Gasteiger partial charge in [0.15, 0.2) is 0 Å². The summed E-state index contributed by atoms with van der Waals surface area (Å²) < 4.78 is 11.9. The molecule has 1 heterocycles. The van der Waals surface area contributed by atoms with Gasteiger partial charge in [-0.15, -0.1) is 0 Å². The minimum atomic E-state index is -0.129. The molecule has 0 fully saturated rings. The molecule has 6 heteroatoms. The van der Waals surface area contributed by atoms with Gasteiger partial charge in [-0.3, -0.25) is 9.36 Å². The van der Waals surface area contributed by atoms with E-state index in [-0.39, 0.29) is 5.56 Å². The molecule has 0 radical (unpaired) electrons. The van der Waals surface area contributed by atoms with Gasteiger partial charge in [0, 0.05) is 18.4 Å². The van der Waals surface area contributed by atoms with E-state index in [2.05, 4.69) is 4.98 Å². The third-order valence-corrected chi connectivity index (χ3v) is 3.85. The largest absolute Gasteiger partial charge is 0.497 e. The van der Waals surface area contributed by atoms with Crippen LogP contribution in [0.5, 0.6) is 5.75 Å². The topological polar surface area (TPSA) is 79.4 Å². The third kappa shape index (κ3) is 2.96. The summed E-state index contributed by atoms with van der Waals surface area (Å²) in [6.07, 6.45) is 0. The number of nitrogens with two attached hydrogens (primary N) is 1. The first kappa shape index (κ1) is 16.0. The molecule has 2 N–H and O–H groups in total. The van der Waals surface area contributed by atoms with Crippen LogP contribution < -0.4 is 16.0 Å². The van der Waals surface area contributed by atoms with Gasteiger partial charge < -0.3 is 15.2 Å². The molecule has 0 amide bonds. The predicted molar refractivity (Wildman–Crippen MR) is 94.3 cm³/mol. The zero-order valence-corrected chi connectivity index (χ0v) is 13.7. The maximum atomic E-state index is 12.9. The number of nitrogen functional groups attached to an aromatic ring is 1. The molecule has 6 nitrogen and oxygen atoms in total. The van der Waals surface area contributed by atoms with Crippen LogP contribution in [0.3, 0.4) is 0 Å². The second-order valence-electron chi connectivity index (χ2n) is 5.39. The van der Waals surface area contributed by atoms with Crippen molar-refractivity contribution in [3.8, 4) is 17.1 Å². The fraction of sp³-hybridized carbons (Fsp3) is 0.222. The molecule has 124 valence electrons. The standard InChI is InChI=1S/C18H19N3O3/c1-23-10-9-21-17(12-3-6-14(24-2)7-4-12)20-16-8-5-13(19)11-15(16)18(21)22/h3-8,11H,9-10,19H2,1-2H3. The zero-order valence-electron chi connectivity index (χ0n) is 13.7. The Morgan fingerprint density at radius 1 is 1.12 bits per heavy atom. The Morgan fingerprint density at radius 2 is 1.88 bits per heavy atom. The lowest BCUT2D eigenvalue weighted by Gasteiger charge is -2.14. The van der Waals surface area contributed by atoms with Crippen molar-refractivity contribution in [2.75, 3.05) is 26.6 Å². The minimum absolute atomic E-state index is 0.129. The monoisotopic (exact) mass is 325 g/mol. The molecule has 0 saturated heterocycles. The van der Waals surface area contributed by atoms with Gasteiger partial charge >= 0.3 is 0 Å². The molecule has 0 atom stereocenters. The zero-order chi connectivity index (χ0) is 17.1. The number of hydrogen-bond acceptors (Lipinski definition) is 5. The summed E-state index contributed by atoms with van der Waals surface area (Å²) in [5, 5.41) is 0.503. The van der Waals surface area contributed by atoms with Crippen LogP contribution in [0.15, 0.2) is 47.3 Å². The molecule has 0 aliphatic heterocycles. The number of nitrogens with zero attached hydrogens (tertiary/aromatic N) is 2. The number of methoxy groups -OCH3 is 2. The number of aromatic nitrogens is 2. The highest BCUT2D eigenvalue weighted by Gasteiger charge is 2.13. The van der Waals surface area contributed by atoms with Gasteiger partial charge in [0.2, 0.25) is 0 Å². The van der Waals surface area contributed by atoms with Crippen molar-refractivity contribution in [2.45, 2.75) is 6.54 Å². The maximum absolute atomic E-state index is 12.9. The number of ether oxygens (including phenoxy) is 2. The maximum Gasteiger partial charge on any atom is 0.261 e. The second kappa shape index (κ2) is 6.72. The molecule has 0 unspecified atom stereocenters. The molecular weight excluding hydrogens is 306 g/mol. The summed E-state index contributed by atoms with van der Waals surface area (Å²) in [4.78, 5) is 17.6. The number of fused-ring (bicyclic) bond motifs is 1. The predicted octanol–water partition coefficient (Wildman–Crippen LogP) is 2.30. The number of rotatable bonds is 5. The highest BCUT2D eigenvalue weighted by Crippen LogP contribution is 2.22. The van der Waals surface area contributed by atoms with Crippen molar-refractivity contribution >= 4 is 16.6 Å². The molecule has 0 spiro atoms. The summed E-state index contributed by atoms with van der Waals surface area (Å²) in [7, 11) is 3.22. The first-order chi connectivity index (χ1) is 11.6. The first-order valence-electron chi connectivity index (χ1n) is 7.57. The van der Waals surface area contributed by atoms with Gasteiger partial charge in [0.05, 0.1) is 31.2 Å². The quantitative estimate of drug-likeness (QED) is 0.728. The SMILES string of the molecule is COCCn1c(-c2ccc(OC)cc2)nc2ccc(N)cc2c1=O. The van der Waals surface area contributed by atoms with Crippen molar-refractivity contribution in [2.24, 2.45) is 0 Å². The molecule has 1 aromatic heterocycles. The molecule has 24 heavy (non-hydrogen) atoms. The lowest BCUT2D eigenvalue weighted by Crippen LogP contribution is -2.25. The van der Waals surface area contributed by atoms with E-state index in [1.54, 1.807) is 37.0 Å². The van der Waals surface area contributed by atoms with Crippen molar-refractivity contribution in [3.05, 3.63) is 52.8 Å². The Morgan fingerprint density at radius 3 is 2.54 bits per heavy atom. The molecule has 2 aromatic carbocycles. The molecule has 3 aromatic rings. The first-order valence-corrected chi connectivity index (χ1v) is 7.57. The van der Waals surface area contributed by atoms with E-state index >= 15 is 0 Å². The van der Waals surface area contributed by atoms with Gasteiger partial charge in [0.1, 0.15) is 11.6 Å². The van der Waals surface area contributed by atoms with Crippen molar-refractivity contribution in [3.63, 3.8) is 0 Å². The van der Waals surface area contributed by atoms with Gasteiger partial charge in [-0.1, -0.05) is 0 Å². The molecule has 0 aliphatic carbocycles. The van der Waals surface area contributed by atoms with Gasteiger partial charge in [-0.25, -0.2) is 4.98 Å². The van der Waals surface area contributed by atoms with Crippen LogP contribution in [0.2, 0.25) is 0 Å². The van der Waals surface area contributed by atoms with Crippen LogP contribution in [0, 0.1) is 0 Å². The second-order valence-corrected chi connectivity index (χ2v) is 5.39. The van der Waals surface area contributed by atoms with Crippen LogP contribution >= 0.6 is 0 Å². The smallest absolute Gasteiger partial charge is 0.261 e. The molecular formula is C18H19N3O3. The average molecular weight is 325 g/mol. The normalized spacial score (nSPS) is 10.9. The number of hydrogen-bond donors (Lipinski definition) is 1. The molecule has 3 rings (SSSR count). The van der Waals surface area contributed by atoms with Crippen molar-refractivity contribution < 1.29 is 9.47 Å². The Labute approximate surface area is 139 Å². The van der Waals surface area contributed by atoms with Crippen LogP contribution in [-0.4, -0.2) is 30.4 Å². The van der Waals surface area contributed by atoms with Crippen LogP contribution in [0.1, 0.15) is 0 Å². The van der Waals surface area contributed by atoms with Crippen LogP contribution in [0.4, 0.5) is 5.69 Å². The van der Waals surface area contributed by atoms with E-state index in [9.17, 15) is 4.79 Å². The fourth-order valence-electron chi connectivity index (χ4n) is 2.59. The summed E-state index contributed by atoms with van der Waals surface area (Å²) >= 11 is 0. The highest BCUT2D eigenvalue weighted by molar-refractivity contribution is 5.82. The number of anilines is 1. The van der Waals surface area contributed by atoms with Gasteiger partial charge in [-0.05, 0) is 42.5 Å². The Bertz CT molecular complexity index is 917. The van der Waals surface area contributed by atoms with E-state index in [0.29, 0.717) is 35.6 Å². The molecule has 0 saturated carbocycles. The molecule has 0 aliphatic rings. The van der Waals surface area contributed by atoms with E-state index in [0.717, 1.165) is 11.3 Å². The summed E-state index contributed by atoms with van der Waals surface area (Å²) in [5.41, 5.74) is 7.67. The Hall–Kier alpha value is -2.86. The summed E-state index contributed by atoms with van der Waals surface area (Å²) in [6.45, 7) is 0.826. The number of benzene rings is 2. The van der Waals surface area contributed by atoms with Gasteiger partial charge in [-0.2, -0.15) is 0 Å². The van der Waals surface area contributed by atoms with E-state index in [1.807, 2.05) is 24.3 Å². The highest BCUT2D eigenvalue weighted by atomic mass is 16.5. The van der Waals surface area contributed by atoms with E-state index < -0.39 is 0 Å². The average Bonchev–Trinajstić information content (AvgIpc) is 2.61. The van der Waals surface area contributed by atoms with Crippen molar-refractivity contribution in [1.82, 2.24) is 9.55 Å². The van der Waals surface area contributed by atoms with Gasteiger partial charge in [0.25, 0.3) is 5.56 Å².